The molecule has 8 heteroatoms. The normalized spacial score (nSPS) is 16.3. The van der Waals surface area contributed by atoms with Crippen LogP contribution >= 0.6 is 34.2 Å². The number of carbonyl (C=O) groups is 3. The molecule has 2 amide bonds. The van der Waals surface area contributed by atoms with Crippen molar-refractivity contribution in [2.24, 2.45) is 0 Å². The van der Waals surface area contributed by atoms with Gasteiger partial charge in [0.15, 0.2) is 0 Å². The van der Waals surface area contributed by atoms with E-state index in [4.69, 9.17) is 11.6 Å². The molecule has 2 atom stereocenters. The Hall–Kier alpha value is -3.43. The van der Waals surface area contributed by atoms with E-state index in [0.717, 1.165) is 19.9 Å². The summed E-state index contributed by atoms with van der Waals surface area (Å²) in [7, 11) is 0. The molecule has 2 unspecified atom stereocenters. The van der Waals surface area contributed by atoms with E-state index in [9.17, 15) is 19.5 Å². The van der Waals surface area contributed by atoms with E-state index in [1.165, 1.54) is 4.90 Å². The lowest BCUT2D eigenvalue weighted by atomic mass is 9.95. The standard InChI is InChI=1S/C28H20ClIN2O4/c29-19-10-8-17(9-11-19)25-26(33)31-23-13-12-20(30)15-22(23)27(34)32(25)24(28(35)36)14-18-6-3-5-16-4-1-2-7-21(16)18/h1-13,15,24-25H,14H2,(H,31,33)(H,35,36). The average molecular weight is 611 g/mol. The van der Waals surface area contributed by atoms with E-state index in [1.807, 2.05) is 42.5 Å². The Morgan fingerprint density at radius 2 is 1.72 bits per heavy atom. The number of aliphatic carboxylic acids is 1. The quantitative estimate of drug-likeness (QED) is 0.274. The second-order valence-corrected chi connectivity index (χ2v) is 10.2. The first-order chi connectivity index (χ1) is 17.3. The summed E-state index contributed by atoms with van der Waals surface area (Å²) in [5, 5.41) is 15.6. The summed E-state index contributed by atoms with van der Waals surface area (Å²) >= 11 is 8.16. The van der Waals surface area contributed by atoms with Crippen LogP contribution in [0, 0.1) is 3.57 Å². The zero-order valence-corrected chi connectivity index (χ0v) is 21.7. The van der Waals surface area contributed by atoms with Crippen molar-refractivity contribution in [1.82, 2.24) is 4.90 Å². The van der Waals surface area contributed by atoms with Gasteiger partial charge in [0.2, 0.25) is 0 Å². The summed E-state index contributed by atoms with van der Waals surface area (Å²) in [6.45, 7) is 0. The van der Waals surface area contributed by atoms with Gasteiger partial charge in [0.1, 0.15) is 12.1 Å². The van der Waals surface area contributed by atoms with Gasteiger partial charge in [-0.25, -0.2) is 4.79 Å². The largest absolute Gasteiger partial charge is 0.480 e. The van der Waals surface area contributed by atoms with E-state index in [2.05, 4.69) is 27.9 Å². The van der Waals surface area contributed by atoms with Crippen molar-refractivity contribution in [3.63, 3.8) is 0 Å². The van der Waals surface area contributed by atoms with Crippen LogP contribution in [0.5, 0.6) is 0 Å². The second kappa shape index (κ2) is 9.91. The fraction of sp³-hybridized carbons (Fsp3) is 0.107. The number of amides is 2. The lowest BCUT2D eigenvalue weighted by Crippen LogP contribution is -2.50. The van der Waals surface area contributed by atoms with Crippen LogP contribution in [-0.2, 0) is 16.0 Å². The first-order valence-electron chi connectivity index (χ1n) is 11.2. The Morgan fingerprint density at radius 3 is 2.47 bits per heavy atom. The van der Waals surface area contributed by atoms with Crippen LogP contribution in [0.15, 0.2) is 84.9 Å². The molecule has 0 fully saturated rings. The smallest absolute Gasteiger partial charge is 0.326 e. The minimum absolute atomic E-state index is 0.0268. The topological polar surface area (TPSA) is 86.7 Å². The van der Waals surface area contributed by atoms with Crippen molar-refractivity contribution in [3.8, 4) is 0 Å². The van der Waals surface area contributed by atoms with Gasteiger partial charge in [-0.3, -0.25) is 9.59 Å². The van der Waals surface area contributed by atoms with Crippen LogP contribution < -0.4 is 5.32 Å². The lowest BCUT2D eigenvalue weighted by molar-refractivity contribution is -0.143. The Kier molecular flexibility index (Phi) is 6.68. The molecule has 1 heterocycles. The zero-order chi connectivity index (χ0) is 25.4. The number of hydrogen-bond donors (Lipinski definition) is 2. The molecule has 5 rings (SSSR count). The molecular weight excluding hydrogens is 591 g/mol. The summed E-state index contributed by atoms with van der Waals surface area (Å²) in [4.78, 5) is 41.6. The molecule has 0 saturated heterocycles. The number of fused-ring (bicyclic) bond motifs is 2. The first kappa shape index (κ1) is 24.3. The summed E-state index contributed by atoms with van der Waals surface area (Å²) in [5.74, 6) is -2.22. The summed E-state index contributed by atoms with van der Waals surface area (Å²) in [6, 6.07) is 22.5. The number of nitrogens with one attached hydrogen (secondary N) is 1. The summed E-state index contributed by atoms with van der Waals surface area (Å²) in [6.07, 6.45) is 0.0268. The molecule has 0 aliphatic carbocycles. The van der Waals surface area contributed by atoms with Crippen LogP contribution in [0.3, 0.4) is 0 Å². The van der Waals surface area contributed by atoms with Crippen LogP contribution in [0.1, 0.15) is 27.5 Å². The van der Waals surface area contributed by atoms with Crippen molar-refractivity contribution < 1.29 is 19.5 Å². The number of carboxylic acids is 1. The molecular formula is C28H20ClIN2O4. The average Bonchev–Trinajstić information content (AvgIpc) is 2.97. The lowest BCUT2D eigenvalue weighted by Gasteiger charge is -2.34. The minimum atomic E-state index is -1.31. The predicted octanol–water partition coefficient (Wildman–Crippen LogP) is 5.93. The predicted molar refractivity (Wildman–Crippen MR) is 147 cm³/mol. The molecule has 2 N–H and O–H groups in total. The molecule has 6 nitrogen and oxygen atoms in total. The van der Waals surface area contributed by atoms with Crippen molar-refractivity contribution in [1.29, 1.82) is 0 Å². The Labute approximate surface area is 226 Å². The van der Waals surface area contributed by atoms with Crippen molar-refractivity contribution in [3.05, 3.63) is 110 Å². The Morgan fingerprint density at radius 1 is 1.00 bits per heavy atom. The van der Waals surface area contributed by atoms with E-state index < -0.39 is 29.9 Å². The van der Waals surface area contributed by atoms with Crippen molar-refractivity contribution in [2.45, 2.75) is 18.5 Å². The van der Waals surface area contributed by atoms with E-state index in [-0.39, 0.29) is 12.0 Å². The Balaban J connectivity index is 1.68. The van der Waals surface area contributed by atoms with Gasteiger partial charge in [0.05, 0.1) is 11.3 Å². The maximum Gasteiger partial charge on any atom is 0.326 e. The number of benzene rings is 4. The Bertz CT molecular complexity index is 1500. The number of rotatable bonds is 5. The highest BCUT2D eigenvalue weighted by molar-refractivity contribution is 14.1. The third-order valence-corrected chi connectivity index (χ3v) is 7.25. The highest BCUT2D eigenvalue weighted by Gasteiger charge is 2.43. The number of carboxylic acid groups (broad SMARTS) is 1. The molecule has 1 aliphatic heterocycles. The molecule has 0 aromatic heterocycles. The number of halogens is 2. The third kappa shape index (κ3) is 4.56. The fourth-order valence-corrected chi connectivity index (χ4v) is 5.27. The number of hydrogen-bond acceptors (Lipinski definition) is 3. The molecule has 0 radical (unpaired) electrons. The van der Waals surface area contributed by atoms with Crippen LogP contribution in [-0.4, -0.2) is 33.8 Å². The SMILES string of the molecule is O=C(O)C(Cc1cccc2ccccc12)N1C(=O)c2cc(I)ccc2NC(=O)C1c1ccc(Cl)cc1. The monoisotopic (exact) mass is 610 g/mol. The number of nitrogens with zero attached hydrogens (tertiary/aromatic N) is 1. The first-order valence-corrected chi connectivity index (χ1v) is 12.7. The summed E-state index contributed by atoms with van der Waals surface area (Å²) < 4.78 is 0.791. The molecule has 180 valence electrons. The molecule has 0 saturated carbocycles. The third-order valence-electron chi connectivity index (χ3n) is 6.33. The van der Waals surface area contributed by atoms with Gasteiger partial charge in [-0.1, -0.05) is 66.2 Å². The molecule has 4 aromatic carbocycles. The van der Waals surface area contributed by atoms with Gasteiger partial charge >= 0.3 is 5.97 Å². The van der Waals surface area contributed by atoms with Gasteiger partial charge in [0.25, 0.3) is 11.8 Å². The van der Waals surface area contributed by atoms with E-state index >= 15 is 0 Å². The maximum atomic E-state index is 14.0. The molecule has 1 aliphatic rings. The van der Waals surface area contributed by atoms with Crippen molar-refractivity contribution >= 4 is 68.4 Å². The second-order valence-electron chi connectivity index (χ2n) is 8.54. The van der Waals surface area contributed by atoms with Gasteiger partial charge in [-0.05, 0) is 74.8 Å². The zero-order valence-electron chi connectivity index (χ0n) is 18.8. The molecule has 0 spiro atoms. The highest BCUT2D eigenvalue weighted by Crippen LogP contribution is 2.35. The van der Waals surface area contributed by atoms with Crippen LogP contribution in [0.2, 0.25) is 5.02 Å². The molecule has 36 heavy (non-hydrogen) atoms. The van der Waals surface area contributed by atoms with Gasteiger partial charge in [-0.2, -0.15) is 0 Å². The van der Waals surface area contributed by atoms with E-state index in [0.29, 0.717) is 16.3 Å². The van der Waals surface area contributed by atoms with Gasteiger partial charge in [-0.15, -0.1) is 0 Å². The molecule has 4 aromatic rings. The summed E-state index contributed by atoms with van der Waals surface area (Å²) in [5.41, 5.74) is 1.84. The number of anilines is 1. The van der Waals surface area contributed by atoms with Crippen LogP contribution in [0.4, 0.5) is 5.69 Å². The van der Waals surface area contributed by atoms with Gasteiger partial charge < -0.3 is 15.3 Å². The van der Waals surface area contributed by atoms with Crippen molar-refractivity contribution in [2.75, 3.05) is 5.32 Å². The number of carbonyl (C=O) groups excluding carboxylic acids is 2. The fourth-order valence-electron chi connectivity index (χ4n) is 4.65. The molecule has 0 bridgehead atoms. The highest BCUT2D eigenvalue weighted by atomic mass is 127. The minimum Gasteiger partial charge on any atom is -0.480 e. The van der Waals surface area contributed by atoms with Gasteiger partial charge in [0, 0.05) is 15.0 Å². The van der Waals surface area contributed by atoms with Crippen LogP contribution in [0.25, 0.3) is 10.8 Å². The maximum absolute atomic E-state index is 14.0. The van der Waals surface area contributed by atoms with E-state index in [1.54, 1.807) is 42.5 Å².